The van der Waals surface area contributed by atoms with E-state index in [2.05, 4.69) is 4.98 Å². The topological polar surface area (TPSA) is 72.6 Å². The number of nitrogens with zero attached hydrogens (tertiary/aromatic N) is 1. The predicted molar refractivity (Wildman–Crippen MR) is 66.0 cm³/mol. The smallest absolute Gasteiger partial charge is 0.371 e. The lowest BCUT2D eigenvalue weighted by Gasteiger charge is -2.01. The molecule has 0 unspecified atom stereocenters. The van der Waals surface area contributed by atoms with Crippen LogP contribution in [0.5, 0.6) is 5.88 Å². The Balaban J connectivity index is 1.99. The lowest BCUT2D eigenvalue weighted by Crippen LogP contribution is -1.92. The molecular formula is C12H11NO4S. The molecule has 1 N–H and O–H groups in total. The second-order valence-electron chi connectivity index (χ2n) is 3.38. The normalized spacial score (nSPS) is 10.3. The van der Waals surface area contributed by atoms with E-state index in [0.29, 0.717) is 16.7 Å². The highest BCUT2D eigenvalue weighted by Crippen LogP contribution is 2.24. The lowest BCUT2D eigenvalue weighted by molar-refractivity contribution is 0.0656. The Bertz CT molecular complexity index is 553. The molecule has 2 aromatic heterocycles. The number of hydrogen-bond donors (Lipinski definition) is 1. The molecule has 2 rings (SSSR count). The summed E-state index contributed by atoms with van der Waals surface area (Å²) in [6.07, 6.45) is 0. The fourth-order valence-corrected chi connectivity index (χ4v) is 2.07. The van der Waals surface area contributed by atoms with Crippen molar-refractivity contribution in [1.29, 1.82) is 0 Å². The summed E-state index contributed by atoms with van der Waals surface area (Å²) in [5.41, 5.74) is 0.840. The zero-order chi connectivity index (χ0) is 13.0. The van der Waals surface area contributed by atoms with Gasteiger partial charge in [-0.2, -0.15) is 0 Å². The summed E-state index contributed by atoms with van der Waals surface area (Å²) in [7, 11) is 1.56. The van der Waals surface area contributed by atoms with Crippen molar-refractivity contribution in [2.45, 2.75) is 10.8 Å². The number of pyridine rings is 1. The van der Waals surface area contributed by atoms with Gasteiger partial charge in [-0.05, 0) is 18.2 Å². The van der Waals surface area contributed by atoms with Gasteiger partial charge in [0, 0.05) is 11.8 Å². The van der Waals surface area contributed by atoms with Gasteiger partial charge in [-0.25, -0.2) is 9.78 Å². The van der Waals surface area contributed by atoms with Gasteiger partial charge in [0.1, 0.15) is 0 Å². The number of rotatable bonds is 5. The molecule has 94 valence electrons. The maximum Gasteiger partial charge on any atom is 0.371 e. The number of hydrogen-bond acceptors (Lipinski definition) is 5. The Labute approximate surface area is 108 Å². The number of thioether (sulfide) groups is 1. The van der Waals surface area contributed by atoms with Crippen LogP contribution in [0.4, 0.5) is 0 Å². The molecule has 0 aliphatic rings. The molecule has 5 nitrogen and oxygen atoms in total. The zero-order valence-electron chi connectivity index (χ0n) is 9.62. The van der Waals surface area contributed by atoms with E-state index in [-0.39, 0.29) is 5.76 Å². The number of carbonyl (C=O) groups is 1. The lowest BCUT2D eigenvalue weighted by atomic mass is 10.4. The van der Waals surface area contributed by atoms with Crippen molar-refractivity contribution in [1.82, 2.24) is 4.98 Å². The highest BCUT2D eigenvalue weighted by atomic mass is 32.2. The number of carboxylic acids is 1. The number of ether oxygens (including phenoxy) is 1. The molecule has 0 aliphatic heterocycles. The highest BCUT2D eigenvalue weighted by molar-refractivity contribution is 7.98. The Kier molecular flexibility index (Phi) is 3.88. The summed E-state index contributed by atoms with van der Waals surface area (Å²) in [5, 5.41) is 9.27. The molecule has 0 saturated heterocycles. The number of aromatic carboxylic acids is 1. The van der Waals surface area contributed by atoms with Gasteiger partial charge in [0.15, 0.2) is 5.09 Å². The minimum atomic E-state index is -1.07. The summed E-state index contributed by atoms with van der Waals surface area (Å²) >= 11 is 1.38. The molecule has 0 saturated carbocycles. The van der Waals surface area contributed by atoms with Crippen LogP contribution in [0.1, 0.15) is 16.2 Å². The van der Waals surface area contributed by atoms with Gasteiger partial charge in [0.05, 0.1) is 12.8 Å². The quantitative estimate of drug-likeness (QED) is 0.838. The summed E-state index contributed by atoms with van der Waals surface area (Å²) in [5.74, 6) is 0.0141. The van der Waals surface area contributed by atoms with E-state index in [1.807, 2.05) is 12.1 Å². The summed E-state index contributed by atoms with van der Waals surface area (Å²) in [4.78, 5) is 14.9. The van der Waals surface area contributed by atoms with Gasteiger partial charge >= 0.3 is 5.97 Å². The van der Waals surface area contributed by atoms with Gasteiger partial charge in [0.2, 0.25) is 11.6 Å². The van der Waals surface area contributed by atoms with Crippen LogP contribution in [-0.2, 0) is 5.75 Å². The van der Waals surface area contributed by atoms with Crippen molar-refractivity contribution in [2.24, 2.45) is 0 Å². The SMILES string of the molecule is COc1cccc(CSc2ccc(C(=O)O)o2)n1. The molecule has 0 atom stereocenters. The van der Waals surface area contributed by atoms with Crippen molar-refractivity contribution in [3.63, 3.8) is 0 Å². The van der Waals surface area contributed by atoms with Gasteiger partial charge in [-0.15, -0.1) is 0 Å². The van der Waals surface area contributed by atoms with Crippen molar-refractivity contribution in [3.05, 3.63) is 41.8 Å². The first-order valence-corrected chi connectivity index (χ1v) is 6.13. The third-order valence-electron chi connectivity index (χ3n) is 2.14. The fraction of sp³-hybridized carbons (Fsp3) is 0.167. The molecule has 0 aromatic carbocycles. The zero-order valence-corrected chi connectivity index (χ0v) is 10.4. The number of aromatic nitrogens is 1. The minimum Gasteiger partial charge on any atom is -0.481 e. The Hall–Kier alpha value is -1.95. The van der Waals surface area contributed by atoms with Crippen molar-refractivity contribution in [3.8, 4) is 5.88 Å². The molecule has 0 amide bonds. The predicted octanol–water partition coefficient (Wildman–Crippen LogP) is 2.67. The monoisotopic (exact) mass is 265 g/mol. The second-order valence-corrected chi connectivity index (χ2v) is 4.36. The van der Waals surface area contributed by atoms with Crippen LogP contribution in [0.2, 0.25) is 0 Å². The van der Waals surface area contributed by atoms with Gasteiger partial charge in [-0.3, -0.25) is 0 Å². The van der Waals surface area contributed by atoms with E-state index in [1.165, 1.54) is 17.8 Å². The van der Waals surface area contributed by atoms with Crippen molar-refractivity contribution < 1.29 is 19.1 Å². The van der Waals surface area contributed by atoms with Crippen LogP contribution < -0.4 is 4.74 Å². The number of methoxy groups -OCH3 is 1. The summed E-state index contributed by atoms with van der Waals surface area (Å²) in [6, 6.07) is 8.56. The maximum atomic E-state index is 10.6. The van der Waals surface area contributed by atoms with Crippen LogP contribution in [0.3, 0.4) is 0 Å². The fourth-order valence-electron chi connectivity index (χ4n) is 1.31. The van der Waals surface area contributed by atoms with Gasteiger partial charge < -0.3 is 14.3 Å². The molecular weight excluding hydrogens is 254 g/mol. The first-order chi connectivity index (χ1) is 8.69. The van der Waals surface area contributed by atoms with Crippen LogP contribution in [0.15, 0.2) is 39.8 Å². The minimum absolute atomic E-state index is 0.0592. The standard InChI is InChI=1S/C12H11NO4S/c1-16-10-4-2-3-8(13-10)7-18-11-6-5-9(17-11)12(14)15/h2-6H,7H2,1H3,(H,14,15). The first kappa shape index (κ1) is 12.5. The molecule has 18 heavy (non-hydrogen) atoms. The highest BCUT2D eigenvalue weighted by Gasteiger charge is 2.09. The van der Waals surface area contributed by atoms with Gasteiger partial charge in [0.25, 0.3) is 0 Å². The van der Waals surface area contributed by atoms with E-state index in [9.17, 15) is 4.79 Å². The van der Waals surface area contributed by atoms with Crippen molar-refractivity contribution in [2.75, 3.05) is 7.11 Å². The first-order valence-electron chi connectivity index (χ1n) is 5.15. The Morgan fingerprint density at radius 3 is 2.94 bits per heavy atom. The average Bonchev–Trinajstić information content (AvgIpc) is 2.85. The Morgan fingerprint density at radius 1 is 1.44 bits per heavy atom. The maximum absolute atomic E-state index is 10.6. The van der Waals surface area contributed by atoms with E-state index in [1.54, 1.807) is 19.2 Å². The van der Waals surface area contributed by atoms with Crippen LogP contribution >= 0.6 is 11.8 Å². The second kappa shape index (κ2) is 5.59. The average molecular weight is 265 g/mol. The van der Waals surface area contributed by atoms with E-state index >= 15 is 0 Å². The summed E-state index contributed by atoms with van der Waals surface area (Å²) in [6.45, 7) is 0. The molecule has 0 radical (unpaired) electrons. The molecule has 2 aromatic rings. The van der Waals surface area contributed by atoms with E-state index < -0.39 is 5.97 Å². The van der Waals surface area contributed by atoms with E-state index in [0.717, 1.165) is 5.69 Å². The largest absolute Gasteiger partial charge is 0.481 e. The molecule has 0 aliphatic carbocycles. The third-order valence-corrected chi connectivity index (χ3v) is 3.09. The number of furan rings is 1. The molecule has 0 fully saturated rings. The molecule has 2 heterocycles. The van der Waals surface area contributed by atoms with Crippen LogP contribution in [0.25, 0.3) is 0 Å². The molecule has 0 bridgehead atoms. The molecule has 6 heteroatoms. The number of carboxylic acid groups (broad SMARTS) is 1. The summed E-state index contributed by atoms with van der Waals surface area (Å²) < 4.78 is 10.1. The van der Waals surface area contributed by atoms with E-state index in [4.69, 9.17) is 14.3 Å². The van der Waals surface area contributed by atoms with Gasteiger partial charge in [-0.1, -0.05) is 17.8 Å². The third kappa shape index (κ3) is 3.04. The van der Waals surface area contributed by atoms with Crippen LogP contribution in [-0.4, -0.2) is 23.2 Å². The molecule has 0 spiro atoms. The van der Waals surface area contributed by atoms with Crippen LogP contribution in [0, 0.1) is 0 Å². The Morgan fingerprint density at radius 2 is 2.28 bits per heavy atom. The van der Waals surface area contributed by atoms with Crippen molar-refractivity contribution >= 4 is 17.7 Å².